The third kappa shape index (κ3) is 2.96. The van der Waals surface area contributed by atoms with Gasteiger partial charge in [-0.3, -0.25) is 10.1 Å². The Morgan fingerprint density at radius 2 is 2.00 bits per heavy atom. The Kier molecular flexibility index (Phi) is 3.33. The van der Waals surface area contributed by atoms with Crippen molar-refractivity contribution in [3.8, 4) is 0 Å². The number of ether oxygens (including phenoxy) is 1. The Morgan fingerprint density at radius 1 is 1.33 bits per heavy atom. The molecule has 0 bridgehead atoms. The van der Waals surface area contributed by atoms with Crippen LogP contribution >= 0.6 is 0 Å². The standard InChI is InChI=1S/C15H24N4O2/c1-14(2)7-19(8-15(3,4)21-14)13(20)11-5-10-12(6-16-11)18-9-17-10/h9,11,16H,5-8H2,1-4H3,(H,17,18). The van der Waals surface area contributed by atoms with Crippen molar-refractivity contribution in [1.82, 2.24) is 20.2 Å². The van der Waals surface area contributed by atoms with E-state index in [1.54, 1.807) is 6.33 Å². The maximum absolute atomic E-state index is 12.8. The summed E-state index contributed by atoms with van der Waals surface area (Å²) in [4.78, 5) is 22.2. The minimum Gasteiger partial charge on any atom is -0.366 e. The van der Waals surface area contributed by atoms with Crippen LogP contribution in [-0.4, -0.2) is 51.1 Å². The Balaban J connectivity index is 1.74. The van der Waals surface area contributed by atoms with Crippen molar-refractivity contribution in [3.05, 3.63) is 17.7 Å². The fourth-order valence-electron chi connectivity index (χ4n) is 3.51. The molecule has 1 amide bonds. The molecular weight excluding hydrogens is 268 g/mol. The lowest BCUT2D eigenvalue weighted by Crippen LogP contribution is -2.62. The number of carbonyl (C=O) groups excluding carboxylic acids is 1. The average Bonchev–Trinajstić information content (AvgIpc) is 2.81. The van der Waals surface area contributed by atoms with Crippen molar-refractivity contribution in [2.24, 2.45) is 0 Å². The van der Waals surface area contributed by atoms with Gasteiger partial charge in [-0.1, -0.05) is 0 Å². The molecule has 21 heavy (non-hydrogen) atoms. The second-order valence-electron chi connectivity index (χ2n) is 7.28. The third-order valence-corrected chi connectivity index (χ3v) is 4.04. The lowest BCUT2D eigenvalue weighted by atomic mass is 9.96. The number of carbonyl (C=O) groups is 1. The summed E-state index contributed by atoms with van der Waals surface area (Å²) in [6.07, 6.45) is 2.34. The van der Waals surface area contributed by atoms with E-state index in [4.69, 9.17) is 4.74 Å². The molecule has 2 aliphatic heterocycles. The minimum atomic E-state index is -0.316. The largest absolute Gasteiger partial charge is 0.366 e. The highest BCUT2D eigenvalue weighted by Crippen LogP contribution is 2.29. The zero-order valence-corrected chi connectivity index (χ0v) is 13.2. The molecule has 0 aromatic carbocycles. The van der Waals surface area contributed by atoms with Gasteiger partial charge in [0, 0.05) is 26.1 Å². The van der Waals surface area contributed by atoms with Gasteiger partial charge in [0.1, 0.15) is 0 Å². The molecule has 0 spiro atoms. The lowest BCUT2D eigenvalue weighted by Gasteiger charge is -2.48. The van der Waals surface area contributed by atoms with Crippen molar-refractivity contribution >= 4 is 5.91 Å². The number of aromatic amines is 1. The minimum absolute atomic E-state index is 0.146. The van der Waals surface area contributed by atoms with Gasteiger partial charge in [0.05, 0.1) is 35.0 Å². The number of hydrogen-bond donors (Lipinski definition) is 2. The first-order chi connectivity index (χ1) is 9.76. The van der Waals surface area contributed by atoms with Crippen LogP contribution in [0.25, 0.3) is 0 Å². The summed E-state index contributed by atoms with van der Waals surface area (Å²) in [6.45, 7) is 10.1. The van der Waals surface area contributed by atoms with E-state index in [0.29, 0.717) is 26.1 Å². The Hall–Kier alpha value is -1.40. The van der Waals surface area contributed by atoms with E-state index < -0.39 is 0 Å². The summed E-state index contributed by atoms with van der Waals surface area (Å²) in [6, 6.07) is -0.189. The van der Waals surface area contributed by atoms with E-state index in [2.05, 4.69) is 15.3 Å². The predicted octanol–water partition coefficient (Wildman–Crippen LogP) is 0.840. The number of morpholine rings is 1. The molecule has 2 aliphatic rings. The van der Waals surface area contributed by atoms with E-state index in [1.807, 2.05) is 32.6 Å². The number of fused-ring (bicyclic) bond motifs is 1. The van der Waals surface area contributed by atoms with Crippen LogP contribution in [0.3, 0.4) is 0 Å². The second kappa shape index (κ2) is 4.81. The van der Waals surface area contributed by atoms with Crippen molar-refractivity contribution in [2.75, 3.05) is 13.1 Å². The van der Waals surface area contributed by atoms with Crippen LogP contribution in [0.5, 0.6) is 0 Å². The van der Waals surface area contributed by atoms with Gasteiger partial charge < -0.3 is 14.6 Å². The molecule has 3 heterocycles. The topological polar surface area (TPSA) is 70.2 Å². The molecule has 2 N–H and O–H groups in total. The Labute approximate surface area is 125 Å². The highest BCUT2D eigenvalue weighted by atomic mass is 16.5. The van der Waals surface area contributed by atoms with E-state index in [0.717, 1.165) is 11.4 Å². The molecule has 1 fully saturated rings. The highest BCUT2D eigenvalue weighted by Gasteiger charge is 2.42. The molecule has 1 saturated heterocycles. The van der Waals surface area contributed by atoms with Crippen molar-refractivity contribution in [2.45, 2.75) is 57.9 Å². The Bertz CT molecular complexity index is 534. The first-order valence-corrected chi connectivity index (χ1v) is 7.49. The van der Waals surface area contributed by atoms with Gasteiger partial charge in [-0.15, -0.1) is 0 Å². The number of H-pyrrole nitrogens is 1. The number of aromatic nitrogens is 2. The van der Waals surface area contributed by atoms with Gasteiger partial charge >= 0.3 is 0 Å². The molecule has 0 radical (unpaired) electrons. The number of nitrogens with one attached hydrogen (secondary N) is 2. The summed E-state index contributed by atoms with van der Waals surface area (Å²) in [5.41, 5.74) is 1.45. The van der Waals surface area contributed by atoms with Gasteiger partial charge in [0.2, 0.25) is 5.91 Å². The molecule has 1 aromatic heterocycles. The number of rotatable bonds is 1. The number of amides is 1. The molecule has 6 nitrogen and oxygen atoms in total. The van der Waals surface area contributed by atoms with E-state index in [9.17, 15) is 4.79 Å². The van der Waals surface area contributed by atoms with Gasteiger partial charge in [-0.05, 0) is 27.7 Å². The fraction of sp³-hybridized carbons (Fsp3) is 0.733. The van der Waals surface area contributed by atoms with Crippen LogP contribution < -0.4 is 5.32 Å². The molecule has 3 rings (SSSR count). The maximum Gasteiger partial charge on any atom is 0.240 e. The summed E-state index contributed by atoms with van der Waals surface area (Å²) >= 11 is 0. The maximum atomic E-state index is 12.8. The van der Waals surface area contributed by atoms with Crippen molar-refractivity contribution in [1.29, 1.82) is 0 Å². The average molecular weight is 292 g/mol. The molecule has 1 unspecified atom stereocenters. The van der Waals surface area contributed by atoms with E-state index >= 15 is 0 Å². The van der Waals surface area contributed by atoms with Gasteiger partial charge in [-0.25, -0.2) is 4.98 Å². The second-order valence-corrected chi connectivity index (χ2v) is 7.28. The molecule has 1 atom stereocenters. The van der Waals surface area contributed by atoms with Crippen molar-refractivity contribution < 1.29 is 9.53 Å². The summed E-state index contributed by atoms with van der Waals surface area (Å²) < 4.78 is 6.04. The quantitative estimate of drug-likeness (QED) is 0.805. The molecule has 0 saturated carbocycles. The smallest absolute Gasteiger partial charge is 0.240 e. The van der Waals surface area contributed by atoms with Gasteiger partial charge in [0.25, 0.3) is 0 Å². The molecular formula is C15H24N4O2. The van der Waals surface area contributed by atoms with Crippen LogP contribution in [0.2, 0.25) is 0 Å². The lowest BCUT2D eigenvalue weighted by molar-refractivity contribution is -0.189. The SMILES string of the molecule is CC1(C)CN(C(=O)C2Cc3nc[nH]c3CN2)CC(C)(C)O1. The monoisotopic (exact) mass is 292 g/mol. The van der Waals surface area contributed by atoms with Crippen LogP contribution in [0.4, 0.5) is 0 Å². The summed E-state index contributed by atoms with van der Waals surface area (Å²) in [5.74, 6) is 0.146. The highest BCUT2D eigenvalue weighted by molar-refractivity contribution is 5.82. The van der Waals surface area contributed by atoms with E-state index in [1.165, 1.54) is 0 Å². The van der Waals surface area contributed by atoms with Crippen LogP contribution in [0.15, 0.2) is 6.33 Å². The van der Waals surface area contributed by atoms with Gasteiger partial charge in [-0.2, -0.15) is 0 Å². The van der Waals surface area contributed by atoms with Crippen molar-refractivity contribution in [3.63, 3.8) is 0 Å². The first-order valence-electron chi connectivity index (χ1n) is 7.49. The number of hydrogen-bond acceptors (Lipinski definition) is 4. The number of nitrogens with zero attached hydrogens (tertiary/aromatic N) is 2. The van der Waals surface area contributed by atoms with Crippen LogP contribution in [-0.2, 0) is 22.5 Å². The van der Waals surface area contributed by atoms with Gasteiger partial charge in [0.15, 0.2) is 0 Å². The zero-order chi connectivity index (χ0) is 15.3. The molecule has 0 aliphatic carbocycles. The Morgan fingerprint density at radius 3 is 2.67 bits per heavy atom. The summed E-state index contributed by atoms with van der Waals surface area (Å²) in [5, 5.41) is 3.31. The van der Waals surface area contributed by atoms with Crippen LogP contribution in [0, 0.1) is 0 Å². The first kappa shape index (κ1) is 14.5. The van der Waals surface area contributed by atoms with Crippen LogP contribution in [0.1, 0.15) is 39.1 Å². The zero-order valence-electron chi connectivity index (χ0n) is 13.2. The molecule has 116 valence electrons. The number of imidazole rings is 1. The third-order valence-electron chi connectivity index (χ3n) is 4.04. The van der Waals surface area contributed by atoms with E-state index in [-0.39, 0.29) is 23.2 Å². The normalized spacial score (nSPS) is 27.2. The summed E-state index contributed by atoms with van der Waals surface area (Å²) in [7, 11) is 0. The molecule has 6 heteroatoms. The molecule has 1 aromatic rings. The predicted molar refractivity (Wildman–Crippen MR) is 78.7 cm³/mol. The fourth-order valence-corrected chi connectivity index (χ4v) is 3.51.